The van der Waals surface area contributed by atoms with E-state index in [0.717, 1.165) is 64.5 Å². The number of fused-ring (bicyclic) bond motifs is 3. The van der Waals surface area contributed by atoms with Crippen molar-refractivity contribution >= 4 is 38.5 Å². The van der Waals surface area contributed by atoms with Crippen molar-refractivity contribution in [3.63, 3.8) is 0 Å². The van der Waals surface area contributed by atoms with E-state index in [1.54, 1.807) is 11.8 Å². The van der Waals surface area contributed by atoms with Crippen LogP contribution in [0.1, 0.15) is 87.8 Å². The number of rotatable bonds is 8. The van der Waals surface area contributed by atoms with Gasteiger partial charge in [-0.2, -0.15) is 0 Å². The van der Waals surface area contributed by atoms with Gasteiger partial charge in [0, 0.05) is 35.8 Å². The average Bonchev–Trinajstić information content (AvgIpc) is 4.07. The molecule has 2 aliphatic heterocycles. The van der Waals surface area contributed by atoms with Crippen molar-refractivity contribution < 1.29 is 27.5 Å². The Morgan fingerprint density at radius 1 is 0.947 bits per heavy atom. The summed E-state index contributed by atoms with van der Waals surface area (Å²) in [5.74, 6) is -0.903. The number of amides is 2. The highest BCUT2D eigenvalue weighted by Gasteiger charge is 2.62. The molecule has 0 radical (unpaired) electrons. The van der Waals surface area contributed by atoms with Gasteiger partial charge in [-0.1, -0.05) is 91.2 Å². The van der Waals surface area contributed by atoms with Crippen LogP contribution in [0.4, 0.5) is 0 Å². The predicted octanol–water partition coefficient (Wildman–Crippen LogP) is 8.21. The maximum Gasteiger partial charge on any atom is 0.240 e. The van der Waals surface area contributed by atoms with Crippen molar-refractivity contribution in [3.05, 3.63) is 108 Å². The van der Waals surface area contributed by atoms with E-state index in [1.165, 1.54) is 0 Å². The quantitative estimate of drug-likeness (QED) is 0.179. The zero-order valence-electron chi connectivity index (χ0n) is 33.2. The van der Waals surface area contributed by atoms with E-state index in [4.69, 9.17) is 9.72 Å². The third-order valence-electron chi connectivity index (χ3n) is 12.8. The SMILES string of the molecule is Cc1cccc(C[C@H]2CCCCC/C=C\[C@H]3C[C@@]3(C(=O)NS(=O)(=O)C3(C)CC3)CC(=O)[C@@H]3C[C@@H](Oc4cc(-c5ccccc5)nc5cc(C)ccc45)CN3C2=O)c1. The van der Waals surface area contributed by atoms with Crippen LogP contribution in [0.15, 0.2) is 91.0 Å². The number of sulfonamides is 1. The maximum absolute atomic E-state index is 14.9. The lowest BCUT2D eigenvalue weighted by Crippen LogP contribution is -2.47. The van der Waals surface area contributed by atoms with Gasteiger partial charge in [-0.05, 0) is 94.9 Å². The minimum absolute atomic E-state index is 0.0794. The molecule has 3 fully saturated rings. The number of carbonyl (C=O) groups is 3. The molecule has 2 amide bonds. The highest BCUT2D eigenvalue weighted by molar-refractivity contribution is 7.91. The molecule has 2 aliphatic carbocycles. The predicted molar refractivity (Wildman–Crippen MR) is 222 cm³/mol. The summed E-state index contributed by atoms with van der Waals surface area (Å²) in [5, 5.41) is 0.841. The van der Waals surface area contributed by atoms with Crippen LogP contribution >= 0.6 is 0 Å². The highest BCUT2D eigenvalue weighted by Crippen LogP contribution is 2.57. The molecule has 1 aromatic heterocycles. The Balaban J connectivity index is 1.14. The van der Waals surface area contributed by atoms with Gasteiger partial charge in [-0.25, -0.2) is 13.4 Å². The number of nitrogens with zero attached hydrogens (tertiary/aromatic N) is 2. The topological polar surface area (TPSA) is 123 Å². The zero-order valence-corrected chi connectivity index (χ0v) is 34.0. The van der Waals surface area contributed by atoms with Crippen molar-refractivity contribution in [1.82, 2.24) is 14.6 Å². The summed E-state index contributed by atoms with van der Waals surface area (Å²) in [5.41, 5.74) is 4.59. The van der Waals surface area contributed by atoms with E-state index < -0.39 is 38.2 Å². The summed E-state index contributed by atoms with van der Waals surface area (Å²) in [6.45, 7) is 5.94. The summed E-state index contributed by atoms with van der Waals surface area (Å²) in [7, 11) is -3.91. The summed E-state index contributed by atoms with van der Waals surface area (Å²) in [6, 6.07) is 25.3. The van der Waals surface area contributed by atoms with Crippen LogP contribution in [0.25, 0.3) is 22.2 Å². The van der Waals surface area contributed by atoms with Crippen molar-refractivity contribution in [2.75, 3.05) is 6.54 Å². The zero-order chi connectivity index (χ0) is 40.0. The van der Waals surface area contributed by atoms with Crippen molar-refractivity contribution in [2.45, 2.75) is 108 Å². The fraction of sp³-hybridized carbons (Fsp3) is 0.447. The summed E-state index contributed by atoms with van der Waals surface area (Å²) in [4.78, 5) is 50.5. The molecule has 57 heavy (non-hydrogen) atoms. The van der Waals surface area contributed by atoms with Crippen LogP contribution in [0.2, 0.25) is 0 Å². The number of pyridine rings is 1. The van der Waals surface area contributed by atoms with Gasteiger partial charge in [0.05, 0.1) is 34.0 Å². The third-order valence-corrected chi connectivity index (χ3v) is 15.0. The number of nitrogens with one attached hydrogen (secondary N) is 1. The first-order valence-electron chi connectivity index (χ1n) is 20.6. The monoisotopic (exact) mass is 787 g/mol. The Bertz CT molecular complexity index is 2340. The van der Waals surface area contributed by atoms with Gasteiger partial charge in [0.25, 0.3) is 0 Å². The van der Waals surface area contributed by atoms with Crippen molar-refractivity contribution in [2.24, 2.45) is 17.3 Å². The lowest BCUT2D eigenvalue weighted by atomic mass is 9.89. The van der Waals surface area contributed by atoms with E-state index in [1.807, 2.05) is 86.7 Å². The van der Waals surface area contributed by atoms with Gasteiger partial charge in [-0.3, -0.25) is 19.1 Å². The molecule has 1 N–H and O–H groups in total. The lowest BCUT2D eigenvalue weighted by Gasteiger charge is -2.29. The number of allylic oxidation sites excluding steroid dienone is 2. The molecule has 1 saturated heterocycles. The van der Waals surface area contributed by atoms with E-state index >= 15 is 0 Å². The van der Waals surface area contributed by atoms with Gasteiger partial charge >= 0.3 is 0 Å². The molecule has 5 atom stereocenters. The number of ketones is 1. The Morgan fingerprint density at radius 2 is 1.74 bits per heavy atom. The molecule has 298 valence electrons. The summed E-state index contributed by atoms with van der Waals surface area (Å²) >= 11 is 0. The van der Waals surface area contributed by atoms with Crippen molar-refractivity contribution in [3.8, 4) is 17.0 Å². The number of hydrogen-bond donors (Lipinski definition) is 1. The van der Waals surface area contributed by atoms with Crippen LogP contribution in [-0.4, -0.2) is 59.3 Å². The highest BCUT2D eigenvalue weighted by atomic mass is 32.2. The first-order chi connectivity index (χ1) is 27.3. The minimum atomic E-state index is -3.91. The molecule has 0 bridgehead atoms. The van der Waals surface area contributed by atoms with Crippen LogP contribution in [0.5, 0.6) is 5.75 Å². The molecule has 3 aromatic carbocycles. The minimum Gasteiger partial charge on any atom is -0.488 e. The molecule has 9 nitrogen and oxygen atoms in total. The van der Waals surface area contributed by atoms with Gasteiger partial charge in [0.2, 0.25) is 21.8 Å². The van der Waals surface area contributed by atoms with E-state index in [2.05, 4.69) is 22.9 Å². The van der Waals surface area contributed by atoms with Crippen LogP contribution < -0.4 is 9.46 Å². The maximum atomic E-state index is 14.9. The molecule has 8 rings (SSSR count). The largest absolute Gasteiger partial charge is 0.488 e. The number of aryl methyl sites for hydroxylation is 2. The molecular formula is C47H53N3O6S. The fourth-order valence-electron chi connectivity index (χ4n) is 8.88. The average molecular weight is 788 g/mol. The summed E-state index contributed by atoms with van der Waals surface area (Å²) in [6.07, 6.45) is 9.87. The van der Waals surface area contributed by atoms with Gasteiger partial charge in [0.1, 0.15) is 11.9 Å². The molecule has 10 heteroatoms. The Hall–Kier alpha value is -4.83. The number of benzene rings is 3. The lowest BCUT2D eigenvalue weighted by molar-refractivity contribution is -0.142. The van der Waals surface area contributed by atoms with E-state index in [-0.39, 0.29) is 42.9 Å². The van der Waals surface area contributed by atoms with Gasteiger partial charge < -0.3 is 9.64 Å². The van der Waals surface area contributed by atoms with Gasteiger partial charge in [-0.15, -0.1) is 0 Å². The third kappa shape index (κ3) is 8.15. The number of aromatic nitrogens is 1. The number of Topliss-reactive ketones (excluding diaryl/α,β-unsaturated/α-hetero) is 1. The van der Waals surface area contributed by atoms with E-state index in [9.17, 15) is 22.8 Å². The van der Waals surface area contributed by atoms with Crippen LogP contribution in [0.3, 0.4) is 0 Å². The van der Waals surface area contributed by atoms with Gasteiger partial charge in [0.15, 0.2) is 5.78 Å². The molecule has 2 saturated carbocycles. The first-order valence-corrected chi connectivity index (χ1v) is 22.1. The Morgan fingerprint density at radius 3 is 2.51 bits per heavy atom. The molecule has 0 spiro atoms. The standard InChI is InChI=1S/C47H53N3O6S/c1-31-13-12-14-33(23-31)25-35-17-8-5-4-6-11-18-36-28-47(36,45(53)49-57(54,55)46(3)21-22-46)29-42(51)41-26-37(30-50(41)44(35)52)56-43-27-39(34-15-9-7-10-16-34)48-40-24-32(2)19-20-38(40)43/h7,9-16,18-20,23-24,27,35-37,41H,4-6,8,17,21-22,25-26,28-30H2,1-3H3,(H,49,53)/b18-11-/t35-,36+,37-,41+,47-/m1/s1. The normalized spacial score (nSPS) is 26.8. The number of hydrogen-bond acceptors (Lipinski definition) is 7. The molecule has 4 aliphatic rings. The second-order valence-corrected chi connectivity index (χ2v) is 19.5. The smallest absolute Gasteiger partial charge is 0.240 e. The molecule has 4 aromatic rings. The first kappa shape index (κ1) is 39.0. The van der Waals surface area contributed by atoms with Crippen LogP contribution in [-0.2, 0) is 30.8 Å². The number of carbonyl (C=O) groups excluding carboxylic acids is 3. The molecule has 0 unspecified atom stereocenters. The molecular weight excluding hydrogens is 735 g/mol. The second kappa shape index (κ2) is 15.5. The molecule has 3 heterocycles. The van der Waals surface area contributed by atoms with Crippen molar-refractivity contribution in [1.29, 1.82) is 0 Å². The second-order valence-electron chi connectivity index (χ2n) is 17.3. The fourth-order valence-corrected chi connectivity index (χ4v) is 10.2. The summed E-state index contributed by atoms with van der Waals surface area (Å²) < 4.78 is 34.8. The number of ether oxygens (including phenoxy) is 1. The van der Waals surface area contributed by atoms with E-state index in [0.29, 0.717) is 37.9 Å². The Kier molecular flexibility index (Phi) is 10.6. The Labute approximate surface area is 336 Å². The van der Waals surface area contributed by atoms with Crippen LogP contribution in [0, 0.1) is 31.1 Å².